The summed E-state index contributed by atoms with van der Waals surface area (Å²) in [5.41, 5.74) is 4.90. The predicted octanol–water partition coefficient (Wildman–Crippen LogP) is -0.268. The zero-order valence-electron chi connectivity index (χ0n) is 10.1. The Hall–Kier alpha value is -1.71. The fraction of sp³-hybridized carbons (Fsp3) is 0.300. The van der Waals surface area contributed by atoms with Crippen LogP contribution in [0.1, 0.15) is 12.8 Å². The lowest BCUT2D eigenvalue weighted by Crippen LogP contribution is -2.41. The Balaban J connectivity index is 2.95. The van der Waals surface area contributed by atoms with Crippen LogP contribution >= 0.6 is 11.6 Å². The topological polar surface area (TPSA) is 139 Å². The second-order valence-electron chi connectivity index (χ2n) is 3.81. The van der Waals surface area contributed by atoms with Crippen molar-refractivity contribution in [1.29, 1.82) is 0 Å². The van der Waals surface area contributed by atoms with Crippen LogP contribution in [0.15, 0.2) is 23.2 Å². The number of nitrogens with two attached hydrogens (primary N) is 1. The molecule has 0 bridgehead atoms. The molecule has 1 rings (SSSR count). The smallest absolute Gasteiger partial charge is 0.321 e. The van der Waals surface area contributed by atoms with Gasteiger partial charge in [-0.1, -0.05) is 11.6 Å². The number of carboxylic acids is 1. The molecular formula is C10H12ClN3O5S. The number of primary amides is 1. The summed E-state index contributed by atoms with van der Waals surface area (Å²) in [5.74, 6) is -2.15. The van der Waals surface area contributed by atoms with Gasteiger partial charge in [0.15, 0.2) is 0 Å². The van der Waals surface area contributed by atoms with Gasteiger partial charge in [-0.25, -0.2) is 13.4 Å². The number of hydrogen-bond acceptors (Lipinski definition) is 5. The van der Waals surface area contributed by atoms with Gasteiger partial charge in [0.25, 0.3) is 0 Å². The van der Waals surface area contributed by atoms with Crippen LogP contribution in [0.3, 0.4) is 0 Å². The van der Waals surface area contributed by atoms with E-state index < -0.39 is 27.9 Å². The van der Waals surface area contributed by atoms with Gasteiger partial charge in [-0.2, -0.15) is 4.72 Å². The van der Waals surface area contributed by atoms with E-state index in [1.807, 2.05) is 4.72 Å². The standard InChI is InChI=1S/C10H12ClN3O5S/c11-9-7(2-1-5-13-9)20(18,19)14-6(10(16)17)3-4-8(12)15/h1-2,5-6,14H,3-4H2,(H2,12,15)(H,16,17)/t6-/m1/s1. The second-order valence-corrected chi connectivity index (χ2v) is 5.85. The number of aliphatic carboxylic acids is 1. The van der Waals surface area contributed by atoms with Crippen molar-refractivity contribution in [2.75, 3.05) is 0 Å². The molecule has 8 nitrogen and oxygen atoms in total. The van der Waals surface area contributed by atoms with Crippen LogP contribution in [0.2, 0.25) is 5.15 Å². The Bertz CT molecular complexity index is 619. The van der Waals surface area contributed by atoms with Gasteiger partial charge in [-0.15, -0.1) is 0 Å². The van der Waals surface area contributed by atoms with Gasteiger partial charge in [0.2, 0.25) is 15.9 Å². The molecule has 0 radical (unpaired) electrons. The summed E-state index contributed by atoms with van der Waals surface area (Å²) < 4.78 is 25.9. The molecule has 0 unspecified atom stereocenters. The molecule has 1 aromatic heterocycles. The number of nitrogens with zero attached hydrogens (tertiary/aromatic N) is 1. The lowest BCUT2D eigenvalue weighted by atomic mass is 10.2. The number of halogens is 1. The van der Waals surface area contributed by atoms with E-state index in [9.17, 15) is 18.0 Å². The lowest BCUT2D eigenvalue weighted by molar-refractivity contribution is -0.139. The number of rotatable bonds is 7. The van der Waals surface area contributed by atoms with Gasteiger partial charge in [0.1, 0.15) is 16.1 Å². The summed E-state index contributed by atoms with van der Waals surface area (Å²) in [4.78, 5) is 24.9. The molecule has 20 heavy (non-hydrogen) atoms. The van der Waals surface area contributed by atoms with Crippen molar-refractivity contribution >= 4 is 33.5 Å². The number of aromatic nitrogens is 1. The van der Waals surface area contributed by atoms with Crippen molar-refractivity contribution in [2.24, 2.45) is 5.73 Å². The third-order valence-corrected chi connectivity index (χ3v) is 4.21. The highest BCUT2D eigenvalue weighted by Crippen LogP contribution is 2.18. The van der Waals surface area contributed by atoms with Gasteiger partial charge in [-0.05, 0) is 18.6 Å². The highest BCUT2D eigenvalue weighted by atomic mass is 35.5. The number of nitrogens with one attached hydrogen (secondary N) is 1. The Morgan fingerprint density at radius 2 is 2.15 bits per heavy atom. The Labute approximate surface area is 120 Å². The second kappa shape index (κ2) is 6.64. The highest BCUT2D eigenvalue weighted by molar-refractivity contribution is 7.89. The Kier molecular flexibility index (Phi) is 5.43. The summed E-state index contributed by atoms with van der Waals surface area (Å²) in [6.07, 6.45) is 0.769. The van der Waals surface area contributed by atoms with Crippen LogP contribution in [0, 0.1) is 0 Å². The van der Waals surface area contributed by atoms with Gasteiger partial charge < -0.3 is 10.8 Å². The van der Waals surface area contributed by atoms with E-state index in [1.165, 1.54) is 18.3 Å². The minimum absolute atomic E-state index is 0.262. The molecule has 1 amide bonds. The van der Waals surface area contributed by atoms with Crippen LogP contribution in [0.5, 0.6) is 0 Å². The number of carbonyl (C=O) groups is 2. The quantitative estimate of drug-likeness (QED) is 0.591. The summed E-state index contributed by atoms with van der Waals surface area (Å²) in [5, 5.41) is 8.66. The molecule has 0 aromatic carbocycles. The first-order chi connectivity index (χ1) is 9.24. The summed E-state index contributed by atoms with van der Waals surface area (Å²) >= 11 is 5.65. The predicted molar refractivity (Wildman–Crippen MR) is 69.4 cm³/mol. The monoisotopic (exact) mass is 321 g/mol. The molecule has 0 aliphatic heterocycles. The molecule has 10 heteroatoms. The van der Waals surface area contributed by atoms with E-state index in [2.05, 4.69) is 4.98 Å². The molecule has 0 saturated carbocycles. The first-order valence-electron chi connectivity index (χ1n) is 5.38. The van der Waals surface area contributed by atoms with Crippen LogP contribution in [-0.2, 0) is 19.6 Å². The maximum atomic E-state index is 12.0. The Morgan fingerprint density at radius 3 is 2.65 bits per heavy atom. The number of carboxylic acid groups (broad SMARTS) is 1. The molecule has 1 heterocycles. The molecule has 0 aliphatic carbocycles. The SMILES string of the molecule is NC(=O)CC[C@@H](NS(=O)(=O)c1cccnc1Cl)C(=O)O. The molecule has 1 atom stereocenters. The average Bonchev–Trinajstić information content (AvgIpc) is 2.34. The molecule has 0 saturated heterocycles. The molecule has 110 valence electrons. The minimum Gasteiger partial charge on any atom is -0.480 e. The first-order valence-corrected chi connectivity index (χ1v) is 7.24. The van der Waals surface area contributed by atoms with Crippen molar-refractivity contribution in [3.05, 3.63) is 23.5 Å². The number of carbonyl (C=O) groups excluding carboxylic acids is 1. The van der Waals surface area contributed by atoms with Crippen LogP contribution in [0.25, 0.3) is 0 Å². The number of hydrogen-bond donors (Lipinski definition) is 3. The molecule has 0 aliphatic rings. The van der Waals surface area contributed by atoms with Crippen molar-refractivity contribution in [2.45, 2.75) is 23.8 Å². The maximum Gasteiger partial charge on any atom is 0.321 e. The largest absolute Gasteiger partial charge is 0.480 e. The number of pyridine rings is 1. The molecule has 0 fully saturated rings. The fourth-order valence-corrected chi connectivity index (χ4v) is 3.02. The van der Waals surface area contributed by atoms with Crippen molar-refractivity contribution < 1.29 is 23.1 Å². The van der Waals surface area contributed by atoms with Gasteiger partial charge in [0.05, 0.1) is 0 Å². The van der Waals surface area contributed by atoms with Gasteiger partial charge in [-0.3, -0.25) is 9.59 Å². The maximum absolute atomic E-state index is 12.0. The van der Waals surface area contributed by atoms with Crippen LogP contribution < -0.4 is 10.5 Å². The number of sulfonamides is 1. The zero-order chi connectivity index (χ0) is 15.3. The molecule has 4 N–H and O–H groups in total. The molecular weight excluding hydrogens is 310 g/mol. The zero-order valence-corrected chi connectivity index (χ0v) is 11.7. The van der Waals surface area contributed by atoms with E-state index in [0.717, 1.165) is 0 Å². The van der Waals surface area contributed by atoms with Crippen LogP contribution in [-0.4, -0.2) is 36.4 Å². The van der Waals surface area contributed by atoms with E-state index in [4.69, 9.17) is 22.4 Å². The van der Waals surface area contributed by atoms with Gasteiger partial charge >= 0.3 is 5.97 Å². The van der Waals surface area contributed by atoms with Crippen molar-refractivity contribution in [1.82, 2.24) is 9.71 Å². The normalized spacial score (nSPS) is 12.8. The number of amides is 1. The summed E-state index contributed by atoms with van der Waals surface area (Å²) in [7, 11) is -4.16. The van der Waals surface area contributed by atoms with Crippen LogP contribution in [0.4, 0.5) is 0 Å². The van der Waals surface area contributed by atoms with Crippen molar-refractivity contribution in [3.63, 3.8) is 0 Å². The minimum atomic E-state index is -4.16. The lowest BCUT2D eigenvalue weighted by Gasteiger charge is -2.14. The highest BCUT2D eigenvalue weighted by Gasteiger charge is 2.27. The third kappa shape index (κ3) is 4.44. The third-order valence-electron chi connectivity index (χ3n) is 2.29. The van der Waals surface area contributed by atoms with E-state index in [0.29, 0.717) is 0 Å². The van der Waals surface area contributed by atoms with E-state index in [-0.39, 0.29) is 22.9 Å². The molecule has 0 spiro atoms. The van der Waals surface area contributed by atoms with E-state index >= 15 is 0 Å². The molecule has 1 aromatic rings. The van der Waals surface area contributed by atoms with Crippen molar-refractivity contribution in [3.8, 4) is 0 Å². The first kappa shape index (κ1) is 16.3. The van der Waals surface area contributed by atoms with Gasteiger partial charge in [0, 0.05) is 12.6 Å². The summed E-state index contributed by atoms with van der Waals surface area (Å²) in [6, 6.07) is 1.05. The average molecular weight is 322 g/mol. The fourth-order valence-electron chi connectivity index (χ4n) is 1.34. The summed E-state index contributed by atoms with van der Waals surface area (Å²) in [6.45, 7) is 0. The Morgan fingerprint density at radius 1 is 1.50 bits per heavy atom. The van der Waals surface area contributed by atoms with E-state index in [1.54, 1.807) is 0 Å².